The third-order valence-electron chi connectivity index (χ3n) is 3.96. The molecule has 0 spiro atoms. The van der Waals surface area contributed by atoms with Gasteiger partial charge in [0.15, 0.2) is 0 Å². The molecule has 1 fully saturated rings. The van der Waals surface area contributed by atoms with E-state index in [2.05, 4.69) is 10.0 Å². The molecule has 1 aliphatic rings. The van der Waals surface area contributed by atoms with Gasteiger partial charge in [-0.25, -0.2) is 13.1 Å². The molecule has 1 heterocycles. The van der Waals surface area contributed by atoms with E-state index < -0.39 is 10.0 Å². The third-order valence-corrected chi connectivity index (χ3v) is 5.67. The highest BCUT2D eigenvalue weighted by molar-refractivity contribution is 7.89. The van der Waals surface area contributed by atoms with Gasteiger partial charge in [-0.2, -0.15) is 0 Å². The van der Waals surface area contributed by atoms with Crippen LogP contribution in [-0.4, -0.2) is 20.5 Å². The molecule has 1 saturated carbocycles. The van der Waals surface area contributed by atoms with Gasteiger partial charge in [-0.1, -0.05) is 26.7 Å². The summed E-state index contributed by atoms with van der Waals surface area (Å²) in [6, 6.07) is 0.355. The van der Waals surface area contributed by atoms with Gasteiger partial charge in [0, 0.05) is 24.2 Å². The fourth-order valence-corrected chi connectivity index (χ4v) is 4.65. The second kappa shape index (κ2) is 6.50. The lowest BCUT2D eigenvalue weighted by atomic mass is 10.2. The number of furan rings is 1. The first-order chi connectivity index (χ1) is 9.81. The van der Waals surface area contributed by atoms with E-state index in [0.717, 1.165) is 31.2 Å². The molecule has 0 saturated heterocycles. The summed E-state index contributed by atoms with van der Waals surface area (Å²) in [5.41, 5.74) is 0.742. The topological polar surface area (TPSA) is 71.3 Å². The molecule has 2 N–H and O–H groups in total. The van der Waals surface area contributed by atoms with Gasteiger partial charge in [0.25, 0.3) is 0 Å². The molecular formula is C15H26N2O3S. The van der Waals surface area contributed by atoms with Crippen LogP contribution < -0.4 is 10.0 Å². The molecule has 1 aliphatic carbocycles. The molecule has 0 radical (unpaired) electrons. The van der Waals surface area contributed by atoms with Gasteiger partial charge in [-0.05, 0) is 26.7 Å². The first-order valence-electron chi connectivity index (χ1n) is 7.66. The van der Waals surface area contributed by atoms with Gasteiger partial charge in [-0.3, -0.25) is 0 Å². The summed E-state index contributed by atoms with van der Waals surface area (Å²) in [5.74, 6) is 1.14. The van der Waals surface area contributed by atoms with Crippen molar-refractivity contribution in [2.24, 2.45) is 0 Å². The Bertz CT molecular complexity index is 584. The number of rotatable bonds is 6. The maximum atomic E-state index is 12.7. The van der Waals surface area contributed by atoms with Crippen LogP contribution in [0.1, 0.15) is 56.6 Å². The minimum absolute atomic E-state index is 0.0653. The number of hydrogen-bond acceptors (Lipinski definition) is 4. The minimum Gasteiger partial charge on any atom is -0.465 e. The molecule has 1 aromatic rings. The van der Waals surface area contributed by atoms with Crippen molar-refractivity contribution in [2.45, 2.75) is 76.9 Å². The average molecular weight is 314 g/mol. The summed E-state index contributed by atoms with van der Waals surface area (Å²) < 4.78 is 33.8. The van der Waals surface area contributed by atoms with Crippen LogP contribution in [0, 0.1) is 13.8 Å². The van der Waals surface area contributed by atoms with Crippen molar-refractivity contribution in [1.82, 2.24) is 10.0 Å². The van der Waals surface area contributed by atoms with Gasteiger partial charge in [0.1, 0.15) is 16.4 Å². The number of sulfonamides is 1. The Hall–Kier alpha value is -0.850. The smallest absolute Gasteiger partial charge is 0.244 e. The summed E-state index contributed by atoms with van der Waals surface area (Å²) >= 11 is 0. The van der Waals surface area contributed by atoms with Crippen molar-refractivity contribution in [3.8, 4) is 0 Å². The van der Waals surface area contributed by atoms with Crippen LogP contribution in [-0.2, 0) is 16.6 Å². The number of hydrogen-bond donors (Lipinski definition) is 2. The molecule has 0 aromatic carbocycles. The first-order valence-corrected chi connectivity index (χ1v) is 9.14. The molecule has 0 amide bonds. The average Bonchev–Trinajstić information content (AvgIpc) is 2.94. The van der Waals surface area contributed by atoms with Crippen molar-refractivity contribution in [3.05, 3.63) is 17.1 Å². The van der Waals surface area contributed by atoms with Crippen LogP contribution in [0.15, 0.2) is 9.31 Å². The van der Waals surface area contributed by atoms with Crippen LogP contribution >= 0.6 is 0 Å². The molecule has 0 unspecified atom stereocenters. The van der Waals surface area contributed by atoms with E-state index in [1.807, 2.05) is 20.8 Å². The Kier molecular flexibility index (Phi) is 5.11. The van der Waals surface area contributed by atoms with E-state index in [1.54, 1.807) is 6.92 Å². The van der Waals surface area contributed by atoms with Gasteiger partial charge >= 0.3 is 0 Å². The predicted molar refractivity (Wildman–Crippen MR) is 82.7 cm³/mol. The van der Waals surface area contributed by atoms with Gasteiger partial charge in [0.2, 0.25) is 10.0 Å². The molecule has 5 nitrogen and oxygen atoms in total. The summed E-state index contributed by atoms with van der Waals surface area (Å²) in [6.07, 6.45) is 4.04. The van der Waals surface area contributed by atoms with Crippen LogP contribution in [0.25, 0.3) is 0 Å². The van der Waals surface area contributed by atoms with Crippen molar-refractivity contribution >= 4 is 10.0 Å². The Morgan fingerprint density at radius 1 is 1.19 bits per heavy atom. The Morgan fingerprint density at radius 2 is 1.81 bits per heavy atom. The lowest BCUT2D eigenvalue weighted by molar-refractivity contribution is 0.490. The molecule has 0 aliphatic heterocycles. The fourth-order valence-electron chi connectivity index (χ4n) is 2.89. The molecular weight excluding hydrogens is 288 g/mol. The zero-order chi connectivity index (χ0) is 15.6. The van der Waals surface area contributed by atoms with E-state index in [-0.39, 0.29) is 12.1 Å². The van der Waals surface area contributed by atoms with Crippen molar-refractivity contribution in [1.29, 1.82) is 0 Å². The summed E-state index contributed by atoms with van der Waals surface area (Å²) in [4.78, 5) is 0.319. The molecule has 2 rings (SSSR count). The van der Waals surface area contributed by atoms with Crippen LogP contribution in [0.3, 0.4) is 0 Å². The summed E-state index contributed by atoms with van der Waals surface area (Å²) in [6.45, 7) is 8.11. The lowest BCUT2D eigenvalue weighted by Gasteiger charge is -2.14. The maximum Gasteiger partial charge on any atom is 0.244 e. The van der Waals surface area contributed by atoms with E-state index in [9.17, 15) is 8.42 Å². The molecule has 0 bridgehead atoms. The normalized spacial score (nSPS) is 17.0. The quantitative estimate of drug-likeness (QED) is 0.846. The van der Waals surface area contributed by atoms with Crippen molar-refractivity contribution in [3.63, 3.8) is 0 Å². The molecule has 6 heteroatoms. The largest absolute Gasteiger partial charge is 0.465 e. The number of nitrogens with one attached hydrogen (secondary N) is 2. The second-order valence-corrected chi connectivity index (χ2v) is 7.81. The van der Waals surface area contributed by atoms with Gasteiger partial charge in [-0.15, -0.1) is 0 Å². The highest BCUT2D eigenvalue weighted by Gasteiger charge is 2.29. The second-order valence-electron chi connectivity index (χ2n) is 6.16. The first kappa shape index (κ1) is 16.5. The maximum absolute atomic E-state index is 12.7. The van der Waals surface area contributed by atoms with Crippen LogP contribution in [0.4, 0.5) is 0 Å². The van der Waals surface area contributed by atoms with E-state index in [0.29, 0.717) is 23.0 Å². The fraction of sp³-hybridized carbons (Fsp3) is 0.733. The van der Waals surface area contributed by atoms with E-state index in [4.69, 9.17) is 4.42 Å². The SMILES string of the molecule is Cc1oc(C)c(S(=O)(=O)NC2CCCC2)c1CNC(C)C. The minimum atomic E-state index is -3.52. The lowest BCUT2D eigenvalue weighted by Crippen LogP contribution is -2.34. The third kappa shape index (κ3) is 3.87. The Labute approximate surface area is 127 Å². The summed E-state index contributed by atoms with van der Waals surface area (Å²) in [7, 11) is -3.52. The standard InChI is InChI=1S/C15H26N2O3S/c1-10(2)16-9-14-11(3)20-12(4)15(14)21(18,19)17-13-7-5-6-8-13/h10,13,16-17H,5-9H2,1-4H3. The van der Waals surface area contributed by atoms with Crippen LogP contribution in [0.2, 0.25) is 0 Å². The Balaban J connectivity index is 2.28. The molecule has 21 heavy (non-hydrogen) atoms. The van der Waals surface area contributed by atoms with Crippen molar-refractivity contribution in [2.75, 3.05) is 0 Å². The van der Waals surface area contributed by atoms with E-state index >= 15 is 0 Å². The molecule has 1 aromatic heterocycles. The molecule has 120 valence electrons. The summed E-state index contributed by atoms with van der Waals surface area (Å²) in [5, 5.41) is 3.27. The highest BCUT2D eigenvalue weighted by Crippen LogP contribution is 2.28. The predicted octanol–water partition coefficient (Wildman–Crippen LogP) is 2.62. The van der Waals surface area contributed by atoms with Gasteiger partial charge in [0.05, 0.1) is 0 Å². The Morgan fingerprint density at radius 3 is 2.38 bits per heavy atom. The van der Waals surface area contributed by atoms with E-state index in [1.165, 1.54) is 0 Å². The van der Waals surface area contributed by atoms with Gasteiger partial charge < -0.3 is 9.73 Å². The zero-order valence-electron chi connectivity index (χ0n) is 13.3. The molecule has 0 atom stereocenters. The monoisotopic (exact) mass is 314 g/mol. The van der Waals surface area contributed by atoms with Crippen molar-refractivity contribution < 1.29 is 12.8 Å². The zero-order valence-corrected chi connectivity index (χ0v) is 14.1. The number of aryl methyl sites for hydroxylation is 2. The van der Waals surface area contributed by atoms with Crippen LogP contribution in [0.5, 0.6) is 0 Å². The highest BCUT2D eigenvalue weighted by atomic mass is 32.2.